The number of hydrogen-bond donors (Lipinski definition) is 2. The van der Waals surface area contributed by atoms with Gasteiger partial charge in [0, 0.05) is 0 Å². The van der Waals surface area contributed by atoms with Gasteiger partial charge in [0.15, 0.2) is 0 Å². The van der Waals surface area contributed by atoms with E-state index in [-0.39, 0.29) is 6.04 Å². The Hall–Kier alpha value is -0.570. The third kappa shape index (κ3) is 16.1. The van der Waals surface area contributed by atoms with Gasteiger partial charge in [-0.3, -0.25) is 4.79 Å². The van der Waals surface area contributed by atoms with Crippen molar-refractivity contribution in [2.24, 2.45) is 0 Å². The smallest absolute Gasteiger partial charge is 0.320 e. The third-order valence-corrected chi connectivity index (χ3v) is 4.63. The molecule has 0 aromatic rings. The van der Waals surface area contributed by atoms with Crippen LogP contribution in [0.5, 0.6) is 0 Å². The number of aliphatic carboxylic acids is 1. The minimum Gasteiger partial charge on any atom is -0.480 e. The van der Waals surface area contributed by atoms with Crippen LogP contribution in [-0.2, 0) is 4.79 Å². The van der Waals surface area contributed by atoms with E-state index in [4.69, 9.17) is 5.11 Å². The van der Waals surface area contributed by atoms with Gasteiger partial charge in [-0.1, -0.05) is 97.3 Å². The highest BCUT2D eigenvalue weighted by atomic mass is 16.4. The monoisotopic (exact) mass is 327 g/mol. The number of carboxylic acid groups (broad SMARTS) is 1. The van der Waals surface area contributed by atoms with Crippen molar-refractivity contribution in [1.29, 1.82) is 0 Å². The van der Waals surface area contributed by atoms with E-state index in [0.29, 0.717) is 6.42 Å². The number of nitrogens with one attached hydrogen (secondary N) is 1. The molecule has 0 heterocycles. The van der Waals surface area contributed by atoms with Crippen molar-refractivity contribution in [2.45, 2.75) is 116 Å². The average molecular weight is 328 g/mol. The molecule has 0 radical (unpaired) electrons. The van der Waals surface area contributed by atoms with Crippen molar-refractivity contribution in [2.75, 3.05) is 6.54 Å². The molecule has 0 aromatic carbocycles. The molecule has 0 aliphatic heterocycles. The van der Waals surface area contributed by atoms with E-state index in [1.807, 2.05) is 6.92 Å². The van der Waals surface area contributed by atoms with Crippen LogP contribution in [0.1, 0.15) is 110 Å². The summed E-state index contributed by atoms with van der Waals surface area (Å²) in [5, 5.41) is 12.0. The molecule has 0 saturated carbocycles. The van der Waals surface area contributed by atoms with Gasteiger partial charge in [-0.2, -0.15) is 0 Å². The van der Waals surface area contributed by atoms with Gasteiger partial charge in [0.1, 0.15) is 6.04 Å². The molecule has 0 rings (SSSR count). The van der Waals surface area contributed by atoms with Crippen LogP contribution in [0.4, 0.5) is 0 Å². The van der Waals surface area contributed by atoms with E-state index in [2.05, 4.69) is 12.2 Å². The Morgan fingerprint density at radius 2 is 1.13 bits per heavy atom. The molecule has 0 aliphatic rings. The van der Waals surface area contributed by atoms with Crippen molar-refractivity contribution in [1.82, 2.24) is 5.32 Å². The van der Waals surface area contributed by atoms with Gasteiger partial charge < -0.3 is 10.4 Å². The maximum Gasteiger partial charge on any atom is 0.320 e. The summed E-state index contributed by atoms with van der Waals surface area (Å²) < 4.78 is 0. The molecule has 138 valence electrons. The fourth-order valence-corrected chi connectivity index (χ4v) is 3.00. The summed E-state index contributed by atoms with van der Waals surface area (Å²) in [6.07, 6.45) is 19.7. The van der Waals surface area contributed by atoms with Gasteiger partial charge >= 0.3 is 5.97 Å². The van der Waals surface area contributed by atoms with Crippen LogP contribution in [0.15, 0.2) is 0 Å². The summed E-state index contributed by atoms with van der Waals surface area (Å²) in [6, 6.07) is -0.364. The molecular weight excluding hydrogens is 286 g/mol. The van der Waals surface area contributed by atoms with Gasteiger partial charge in [0.25, 0.3) is 0 Å². The first-order chi connectivity index (χ1) is 11.2. The van der Waals surface area contributed by atoms with E-state index >= 15 is 0 Å². The van der Waals surface area contributed by atoms with Crippen molar-refractivity contribution in [3.05, 3.63) is 0 Å². The predicted molar refractivity (Wildman–Crippen MR) is 100 cm³/mol. The summed E-state index contributed by atoms with van der Waals surface area (Å²) in [5.41, 5.74) is 0. The van der Waals surface area contributed by atoms with Crippen LogP contribution in [0.2, 0.25) is 0 Å². The van der Waals surface area contributed by atoms with Gasteiger partial charge in [-0.25, -0.2) is 0 Å². The number of rotatable bonds is 18. The van der Waals surface area contributed by atoms with Crippen LogP contribution >= 0.6 is 0 Å². The molecule has 0 bridgehead atoms. The number of unbranched alkanes of at least 4 members (excludes halogenated alkanes) is 13. The Labute approximate surface area is 144 Å². The molecule has 1 unspecified atom stereocenters. The molecule has 0 amide bonds. The molecule has 0 aromatic heterocycles. The summed E-state index contributed by atoms with van der Waals surface area (Å²) in [4.78, 5) is 10.8. The van der Waals surface area contributed by atoms with Gasteiger partial charge in [0.2, 0.25) is 0 Å². The minimum absolute atomic E-state index is 0.364. The number of hydrogen-bond acceptors (Lipinski definition) is 2. The Balaban J connectivity index is 3.12. The molecule has 1 atom stereocenters. The first-order valence-corrected chi connectivity index (χ1v) is 10.2. The fourth-order valence-electron chi connectivity index (χ4n) is 3.00. The second-order valence-electron chi connectivity index (χ2n) is 6.85. The quantitative estimate of drug-likeness (QED) is 0.307. The zero-order chi connectivity index (χ0) is 17.2. The van der Waals surface area contributed by atoms with Crippen LogP contribution in [0.25, 0.3) is 0 Å². The zero-order valence-electron chi connectivity index (χ0n) is 15.7. The molecule has 2 N–H and O–H groups in total. The number of carbonyl (C=O) groups is 1. The first kappa shape index (κ1) is 22.4. The SMILES string of the molecule is CCCCCCCCCCCCCCCCNC(CC)C(=O)O. The summed E-state index contributed by atoms with van der Waals surface area (Å²) >= 11 is 0. The largest absolute Gasteiger partial charge is 0.480 e. The highest BCUT2D eigenvalue weighted by Gasteiger charge is 2.12. The van der Waals surface area contributed by atoms with E-state index in [9.17, 15) is 4.79 Å². The van der Waals surface area contributed by atoms with Crippen molar-refractivity contribution < 1.29 is 9.90 Å². The third-order valence-electron chi connectivity index (χ3n) is 4.63. The molecule has 3 heteroatoms. The minimum atomic E-state index is -0.724. The number of carboxylic acids is 1. The van der Waals surface area contributed by atoms with Gasteiger partial charge in [-0.05, 0) is 19.4 Å². The lowest BCUT2D eigenvalue weighted by Crippen LogP contribution is -2.36. The van der Waals surface area contributed by atoms with Crippen LogP contribution in [-0.4, -0.2) is 23.7 Å². The Bertz CT molecular complexity index is 256. The topological polar surface area (TPSA) is 49.3 Å². The van der Waals surface area contributed by atoms with Crippen molar-refractivity contribution in [3.8, 4) is 0 Å². The second-order valence-corrected chi connectivity index (χ2v) is 6.85. The standard InChI is InChI=1S/C20H41NO2/c1-3-5-6-7-8-9-10-11-12-13-14-15-16-17-18-21-19(4-2)20(22)23/h19,21H,3-18H2,1-2H3,(H,22,23). The van der Waals surface area contributed by atoms with Crippen LogP contribution in [0, 0.1) is 0 Å². The molecule has 3 nitrogen and oxygen atoms in total. The lowest BCUT2D eigenvalue weighted by atomic mass is 10.0. The Morgan fingerprint density at radius 1 is 0.739 bits per heavy atom. The van der Waals surface area contributed by atoms with E-state index in [1.54, 1.807) is 0 Å². The van der Waals surface area contributed by atoms with Gasteiger partial charge in [-0.15, -0.1) is 0 Å². The lowest BCUT2D eigenvalue weighted by molar-refractivity contribution is -0.139. The highest BCUT2D eigenvalue weighted by molar-refractivity contribution is 5.73. The van der Waals surface area contributed by atoms with Crippen molar-refractivity contribution in [3.63, 3.8) is 0 Å². The maximum absolute atomic E-state index is 10.8. The molecule has 0 spiro atoms. The van der Waals surface area contributed by atoms with Crippen LogP contribution in [0.3, 0.4) is 0 Å². The molecule has 0 saturated heterocycles. The Morgan fingerprint density at radius 3 is 1.48 bits per heavy atom. The van der Waals surface area contributed by atoms with E-state index in [0.717, 1.165) is 13.0 Å². The zero-order valence-corrected chi connectivity index (χ0v) is 15.7. The van der Waals surface area contributed by atoms with E-state index in [1.165, 1.54) is 83.5 Å². The Kier molecular flexibility index (Phi) is 17.3. The molecular formula is C20H41NO2. The summed E-state index contributed by atoms with van der Waals surface area (Å²) in [7, 11) is 0. The van der Waals surface area contributed by atoms with Crippen molar-refractivity contribution >= 4 is 5.97 Å². The molecule has 0 aliphatic carbocycles. The predicted octanol–water partition coefficient (Wildman–Crippen LogP) is 5.92. The van der Waals surface area contributed by atoms with Crippen LogP contribution < -0.4 is 5.32 Å². The molecule has 23 heavy (non-hydrogen) atoms. The van der Waals surface area contributed by atoms with E-state index < -0.39 is 5.97 Å². The van der Waals surface area contributed by atoms with Gasteiger partial charge in [0.05, 0.1) is 0 Å². The highest BCUT2D eigenvalue weighted by Crippen LogP contribution is 2.12. The lowest BCUT2D eigenvalue weighted by Gasteiger charge is -2.11. The fraction of sp³-hybridized carbons (Fsp3) is 0.950. The summed E-state index contributed by atoms with van der Waals surface area (Å²) in [5.74, 6) is -0.724. The normalized spacial score (nSPS) is 12.4. The maximum atomic E-state index is 10.8. The first-order valence-electron chi connectivity index (χ1n) is 10.2. The summed E-state index contributed by atoms with van der Waals surface area (Å²) in [6.45, 7) is 5.02. The average Bonchev–Trinajstić information content (AvgIpc) is 2.54. The molecule has 0 fully saturated rings. The second kappa shape index (κ2) is 17.8.